The first-order chi connectivity index (χ1) is 9.03. The molecule has 0 saturated carbocycles. The van der Waals surface area contributed by atoms with Gasteiger partial charge in [-0.1, -0.05) is 57.5 Å². The van der Waals surface area contributed by atoms with E-state index in [1.807, 2.05) is 32.0 Å². The van der Waals surface area contributed by atoms with Gasteiger partial charge in [-0.3, -0.25) is 0 Å². The first kappa shape index (κ1) is 16.5. The smallest absolute Gasteiger partial charge is 0.407 e. The molecule has 0 unspecified atom stereocenters. The minimum Gasteiger partial charge on any atom is -0.407 e. The summed E-state index contributed by atoms with van der Waals surface area (Å²) in [5.74, 6) is 0. The van der Waals surface area contributed by atoms with Crippen LogP contribution in [0.15, 0.2) is 18.2 Å². The van der Waals surface area contributed by atoms with E-state index in [1.54, 1.807) is 0 Å². The Morgan fingerprint density at radius 2 is 1.84 bits per heavy atom. The normalized spacial score (nSPS) is 17.7. The Morgan fingerprint density at radius 3 is 2.37 bits per heavy atom. The number of benzene rings is 1. The number of hydrogen-bond donors (Lipinski definition) is 1. The minimum atomic E-state index is -0.373. The SMILES string of the molecule is CC.CC1(C)COB(c2cccc(CN)c2Cl)OC1. The van der Waals surface area contributed by atoms with Crippen molar-refractivity contribution in [2.45, 2.75) is 34.2 Å². The molecule has 0 amide bonds. The average Bonchev–Trinajstić information content (AvgIpc) is 2.42. The van der Waals surface area contributed by atoms with Crippen molar-refractivity contribution in [3.8, 4) is 0 Å². The Kier molecular flexibility index (Phi) is 6.34. The van der Waals surface area contributed by atoms with E-state index in [1.165, 1.54) is 0 Å². The van der Waals surface area contributed by atoms with Gasteiger partial charge in [-0.2, -0.15) is 0 Å². The van der Waals surface area contributed by atoms with E-state index in [-0.39, 0.29) is 12.5 Å². The molecule has 1 heterocycles. The van der Waals surface area contributed by atoms with Crippen LogP contribution < -0.4 is 11.2 Å². The predicted octanol–water partition coefficient (Wildman–Crippen LogP) is 2.59. The zero-order chi connectivity index (χ0) is 14.5. The van der Waals surface area contributed by atoms with E-state index in [0.29, 0.717) is 24.8 Å². The standard InChI is InChI=1S/C12H17BClNO2.C2H6/c1-12(2)7-16-13(17-8-12)10-5-3-4-9(6-15)11(10)14;1-2/h3-5H,6-8,15H2,1-2H3;1-2H3. The van der Waals surface area contributed by atoms with Crippen molar-refractivity contribution in [3.63, 3.8) is 0 Å². The Bertz CT molecular complexity index is 402. The zero-order valence-electron chi connectivity index (χ0n) is 12.2. The molecule has 3 nitrogen and oxygen atoms in total. The number of rotatable bonds is 2. The molecule has 0 bridgehead atoms. The van der Waals surface area contributed by atoms with Crippen LogP contribution in [-0.2, 0) is 15.9 Å². The Labute approximate surface area is 121 Å². The third-order valence-electron chi connectivity index (χ3n) is 2.83. The second kappa shape index (κ2) is 7.29. The minimum absolute atomic E-state index is 0.0639. The largest absolute Gasteiger partial charge is 0.495 e. The lowest BCUT2D eigenvalue weighted by atomic mass is 9.75. The molecule has 2 rings (SSSR count). The molecule has 0 spiro atoms. The van der Waals surface area contributed by atoms with Gasteiger partial charge < -0.3 is 15.0 Å². The van der Waals surface area contributed by atoms with Gasteiger partial charge in [0.25, 0.3) is 0 Å². The molecular weight excluding hydrogens is 260 g/mol. The third kappa shape index (κ3) is 4.21. The van der Waals surface area contributed by atoms with Gasteiger partial charge in [0, 0.05) is 35.7 Å². The van der Waals surface area contributed by atoms with Crippen molar-refractivity contribution in [1.82, 2.24) is 0 Å². The quantitative estimate of drug-likeness (QED) is 0.849. The maximum absolute atomic E-state index is 6.27. The van der Waals surface area contributed by atoms with Gasteiger partial charge in [0.2, 0.25) is 0 Å². The Hall–Kier alpha value is -0.545. The second-order valence-corrected chi connectivity index (χ2v) is 5.52. The van der Waals surface area contributed by atoms with Crippen LogP contribution in [0.25, 0.3) is 0 Å². The van der Waals surface area contributed by atoms with Crippen molar-refractivity contribution in [1.29, 1.82) is 0 Å². The Balaban J connectivity index is 0.000000861. The predicted molar refractivity (Wildman–Crippen MR) is 81.8 cm³/mol. The van der Waals surface area contributed by atoms with Gasteiger partial charge in [-0.05, 0) is 5.56 Å². The van der Waals surface area contributed by atoms with Crippen LogP contribution in [-0.4, -0.2) is 20.3 Å². The first-order valence-corrected chi connectivity index (χ1v) is 7.12. The van der Waals surface area contributed by atoms with E-state index in [9.17, 15) is 0 Å². The van der Waals surface area contributed by atoms with Crippen LogP contribution in [0.3, 0.4) is 0 Å². The molecule has 0 atom stereocenters. The molecule has 1 saturated heterocycles. The summed E-state index contributed by atoms with van der Waals surface area (Å²) in [6.45, 7) is 9.98. The van der Waals surface area contributed by atoms with Crippen LogP contribution >= 0.6 is 11.6 Å². The molecule has 1 fully saturated rings. The van der Waals surface area contributed by atoms with E-state index >= 15 is 0 Å². The third-order valence-corrected chi connectivity index (χ3v) is 3.29. The van der Waals surface area contributed by atoms with Gasteiger partial charge in [-0.15, -0.1) is 0 Å². The van der Waals surface area contributed by atoms with Crippen molar-refractivity contribution < 1.29 is 9.31 Å². The molecular formula is C14H23BClNO2. The number of nitrogens with two attached hydrogens (primary N) is 1. The maximum atomic E-state index is 6.27. The van der Waals surface area contributed by atoms with Crippen LogP contribution in [0.4, 0.5) is 0 Å². The highest BCUT2D eigenvalue weighted by Crippen LogP contribution is 2.23. The van der Waals surface area contributed by atoms with E-state index in [2.05, 4.69) is 13.8 Å². The lowest BCUT2D eigenvalue weighted by Crippen LogP contribution is -2.47. The highest BCUT2D eigenvalue weighted by atomic mass is 35.5. The first-order valence-electron chi connectivity index (χ1n) is 6.74. The fourth-order valence-electron chi connectivity index (χ4n) is 1.81. The lowest BCUT2D eigenvalue weighted by Gasteiger charge is -2.33. The zero-order valence-corrected chi connectivity index (χ0v) is 13.0. The topological polar surface area (TPSA) is 44.5 Å². The molecule has 106 valence electrons. The van der Waals surface area contributed by atoms with E-state index in [4.69, 9.17) is 26.6 Å². The molecule has 0 radical (unpaired) electrons. The summed E-state index contributed by atoms with van der Waals surface area (Å²) in [7, 11) is -0.373. The maximum Gasteiger partial charge on any atom is 0.495 e. The summed E-state index contributed by atoms with van der Waals surface area (Å²) in [5, 5.41) is 0.653. The summed E-state index contributed by atoms with van der Waals surface area (Å²) < 4.78 is 11.4. The molecule has 1 aliphatic rings. The molecule has 5 heteroatoms. The van der Waals surface area contributed by atoms with Gasteiger partial charge in [0.1, 0.15) is 0 Å². The fraction of sp³-hybridized carbons (Fsp3) is 0.571. The van der Waals surface area contributed by atoms with E-state index in [0.717, 1.165) is 11.0 Å². The molecule has 2 N–H and O–H groups in total. The van der Waals surface area contributed by atoms with Gasteiger partial charge in [-0.25, -0.2) is 0 Å². The van der Waals surface area contributed by atoms with Crippen LogP contribution in [0.1, 0.15) is 33.3 Å². The van der Waals surface area contributed by atoms with Crippen LogP contribution in [0, 0.1) is 5.41 Å². The number of hydrogen-bond acceptors (Lipinski definition) is 3. The molecule has 1 aromatic rings. The van der Waals surface area contributed by atoms with Gasteiger partial charge in [0.15, 0.2) is 0 Å². The highest BCUT2D eigenvalue weighted by molar-refractivity contribution is 6.65. The summed E-state index contributed by atoms with van der Waals surface area (Å²) in [6, 6.07) is 5.76. The van der Waals surface area contributed by atoms with Crippen LogP contribution in [0.2, 0.25) is 5.02 Å². The summed E-state index contributed by atoms with van der Waals surface area (Å²) in [6.07, 6.45) is 0. The van der Waals surface area contributed by atoms with Crippen molar-refractivity contribution in [2.24, 2.45) is 11.1 Å². The molecule has 19 heavy (non-hydrogen) atoms. The average molecular weight is 284 g/mol. The van der Waals surface area contributed by atoms with Gasteiger partial charge in [0.05, 0.1) is 0 Å². The molecule has 0 aromatic heterocycles. The van der Waals surface area contributed by atoms with Crippen molar-refractivity contribution in [2.75, 3.05) is 13.2 Å². The lowest BCUT2D eigenvalue weighted by molar-refractivity contribution is 0.0343. The monoisotopic (exact) mass is 283 g/mol. The Morgan fingerprint density at radius 1 is 1.26 bits per heavy atom. The van der Waals surface area contributed by atoms with Crippen LogP contribution in [0.5, 0.6) is 0 Å². The number of halogens is 1. The van der Waals surface area contributed by atoms with Crippen molar-refractivity contribution >= 4 is 24.2 Å². The summed E-state index contributed by atoms with van der Waals surface area (Å²) >= 11 is 6.27. The molecule has 1 aliphatic heterocycles. The second-order valence-electron chi connectivity index (χ2n) is 5.14. The highest BCUT2D eigenvalue weighted by Gasteiger charge is 2.34. The fourth-order valence-corrected chi connectivity index (χ4v) is 2.10. The molecule has 0 aliphatic carbocycles. The van der Waals surface area contributed by atoms with E-state index < -0.39 is 0 Å². The summed E-state index contributed by atoms with van der Waals surface area (Å²) in [5.41, 5.74) is 7.47. The van der Waals surface area contributed by atoms with Crippen molar-refractivity contribution in [3.05, 3.63) is 28.8 Å². The van der Waals surface area contributed by atoms with Gasteiger partial charge >= 0.3 is 7.12 Å². The molecule has 1 aromatic carbocycles. The summed E-state index contributed by atoms with van der Waals surface area (Å²) in [4.78, 5) is 0.